The topological polar surface area (TPSA) is 59.8 Å². The second-order valence-corrected chi connectivity index (χ2v) is 7.64. The minimum Gasteiger partial charge on any atom is -0.352 e. The van der Waals surface area contributed by atoms with Crippen molar-refractivity contribution in [2.45, 2.75) is 38.8 Å². The lowest BCUT2D eigenvalue weighted by molar-refractivity contribution is -0.121. The predicted octanol–water partition coefficient (Wildman–Crippen LogP) is 3.94. The molecule has 0 bridgehead atoms. The zero-order chi connectivity index (χ0) is 19.7. The number of hydrogen-bond donors (Lipinski definition) is 1. The van der Waals surface area contributed by atoms with Crippen LogP contribution in [0.15, 0.2) is 42.5 Å². The van der Waals surface area contributed by atoms with Crippen LogP contribution in [0.4, 0.5) is 4.39 Å². The van der Waals surface area contributed by atoms with E-state index in [1.165, 1.54) is 12.1 Å². The van der Waals surface area contributed by atoms with Gasteiger partial charge in [-0.1, -0.05) is 35.9 Å². The van der Waals surface area contributed by atoms with Crippen molar-refractivity contribution in [1.29, 1.82) is 0 Å². The van der Waals surface area contributed by atoms with Crippen molar-refractivity contribution in [2.75, 3.05) is 0 Å². The summed E-state index contributed by atoms with van der Waals surface area (Å²) in [6.07, 6.45) is 10.8. The van der Waals surface area contributed by atoms with Crippen LogP contribution in [0.3, 0.4) is 0 Å². The molecule has 28 heavy (non-hydrogen) atoms. The van der Waals surface area contributed by atoms with E-state index in [2.05, 4.69) is 39.7 Å². The van der Waals surface area contributed by atoms with Crippen LogP contribution in [0.2, 0.25) is 5.02 Å². The molecule has 146 valence electrons. The molecule has 1 aromatic carbocycles. The van der Waals surface area contributed by atoms with E-state index in [0.717, 1.165) is 12.8 Å². The van der Waals surface area contributed by atoms with Gasteiger partial charge < -0.3 is 5.32 Å². The van der Waals surface area contributed by atoms with Crippen LogP contribution in [0, 0.1) is 17.7 Å². The average Bonchev–Trinajstić information content (AvgIpc) is 3.28. The minimum absolute atomic E-state index is 0.0553. The highest BCUT2D eigenvalue weighted by Gasteiger charge is 2.34. The van der Waals surface area contributed by atoms with Crippen LogP contribution in [0.25, 0.3) is 11.4 Å². The molecule has 4 rings (SSSR count). The highest BCUT2D eigenvalue weighted by atomic mass is 35.5. The Hall–Kier alpha value is -2.47. The maximum atomic E-state index is 13.8. The number of aryl methyl sites for hydroxylation is 1. The maximum absolute atomic E-state index is 13.8. The van der Waals surface area contributed by atoms with E-state index in [-0.39, 0.29) is 23.4 Å². The van der Waals surface area contributed by atoms with Crippen molar-refractivity contribution in [1.82, 2.24) is 20.1 Å². The van der Waals surface area contributed by atoms with Crippen LogP contribution in [-0.2, 0) is 17.8 Å². The van der Waals surface area contributed by atoms with Gasteiger partial charge in [-0.25, -0.2) is 14.1 Å². The minimum atomic E-state index is -0.517. The van der Waals surface area contributed by atoms with Gasteiger partial charge in [0.25, 0.3) is 0 Å². The van der Waals surface area contributed by atoms with E-state index in [1.807, 2.05) is 6.92 Å². The Kier molecular flexibility index (Phi) is 5.31. The highest BCUT2D eigenvalue weighted by molar-refractivity contribution is 6.30. The third kappa shape index (κ3) is 3.74. The molecule has 1 saturated carbocycles. The number of benzene rings is 1. The van der Waals surface area contributed by atoms with E-state index in [4.69, 9.17) is 11.6 Å². The molecule has 0 aliphatic heterocycles. The van der Waals surface area contributed by atoms with Gasteiger partial charge >= 0.3 is 0 Å². The number of amides is 1. The van der Waals surface area contributed by atoms with E-state index in [1.54, 1.807) is 10.7 Å². The van der Waals surface area contributed by atoms with Crippen molar-refractivity contribution in [3.8, 4) is 11.4 Å². The molecule has 2 aromatic rings. The molecule has 1 heterocycles. The molecule has 2 aliphatic carbocycles. The summed E-state index contributed by atoms with van der Waals surface area (Å²) in [5, 5.41) is 7.63. The SMILES string of the molecule is CCn1nc(-c2ccc(Cl)c(F)c2)nc1CC(=O)N[C@@H]1CCC2C=CC=CC21. The molecule has 3 atom stereocenters. The Labute approximate surface area is 168 Å². The second kappa shape index (κ2) is 7.87. The van der Waals surface area contributed by atoms with Crippen LogP contribution in [0.1, 0.15) is 25.6 Å². The van der Waals surface area contributed by atoms with Gasteiger partial charge in [-0.05, 0) is 43.9 Å². The molecule has 1 aromatic heterocycles. The number of carbonyl (C=O) groups excluding carboxylic acids is 1. The van der Waals surface area contributed by atoms with E-state index < -0.39 is 5.82 Å². The summed E-state index contributed by atoms with van der Waals surface area (Å²) in [5.41, 5.74) is 0.536. The van der Waals surface area contributed by atoms with Gasteiger partial charge in [-0.2, -0.15) is 5.10 Å². The Morgan fingerprint density at radius 1 is 1.32 bits per heavy atom. The Morgan fingerprint density at radius 3 is 2.93 bits per heavy atom. The number of nitrogens with zero attached hydrogens (tertiary/aromatic N) is 3. The molecule has 7 heteroatoms. The molecule has 1 fully saturated rings. The van der Waals surface area contributed by atoms with Crippen molar-refractivity contribution in [2.24, 2.45) is 11.8 Å². The summed E-state index contributed by atoms with van der Waals surface area (Å²) in [5.74, 6) is 1.26. The second-order valence-electron chi connectivity index (χ2n) is 7.24. The lowest BCUT2D eigenvalue weighted by Crippen LogP contribution is -2.39. The van der Waals surface area contributed by atoms with Crippen molar-refractivity contribution >= 4 is 17.5 Å². The van der Waals surface area contributed by atoms with Gasteiger partial charge in [0, 0.05) is 24.1 Å². The Balaban J connectivity index is 1.47. The summed E-state index contributed by atoms with van der Waals surface area (Å²) in [6.45, 7) is 2.51. The number of allylic oxidation sites excluding steroid dienone is 3. The average molecular weight is 401 g/mol. The van der Waals surface area contributed by atoms with Gasteiger partial charge in [-0.3, -0.25) is 4.79 Å². The molecule has 0 saturated heterocycles. The Bertz CT molecular complexity index is 952. The summed E-state index contributed by atoms with van der Waals surface area (Å²) < 4.78 is 15.4. The zero-order valence-electron chi connectivity index (χ0n) is 15.6. The van der Waals surface area contributed by atoms with Gasteiger partial charge in [0.1, 0.15) is 11.6 Å². The summed E-state index contributed by atoms with van der Waals surface area (Å²) in [6, 6.07) is 4.62. The van der Waals surface area contributed by atoms with Crippen molar-refractivity contribution < 1.29 is 9.18 Å². The van der Waals surface area contributed by atoms with E-state index >= 15 is 0 Å². The normalized spacial score (nSPS) is 23.0. The number of aromatic nitrogens is 3. The van der Waals surface area contributed by atoms with Crippen LogP contribution in [-0.4, -0.2) is 26.7 Å². The van der Waals surface area contributed by atoms with Crippen LogP contribution in [0.5, 0.6) is 0 Å². The largest absolute Gasteiger partial charge is 0.352 e. The smallest absolute Gasteiger partial charge is 0.227 e. The van der Waals surface area contributed by atoms with Gasteiger partial charge in [-0.15, -0.1) is 0 Å². The fraction of sp³-hybridized carbons (Fsp3) is 0.381. The fourth-order valence-electron chi connectivity index (χ4n) is 4.04. The van der Waals surface area contributed by atoms with Crippen molar-refractivity contribution in [3.63, 3.8) is 0 Å². The molecule has 1 N–H and O–H groups in total. The molecular formula is C21H22ClFN4O. The first kappa shape index (κ1) is 18.9. The molecule has 2 unspecified atom stereocenters. The molecule has 5 nitrogen and oxygen atoms in total. The highest BCUT2D eigenvalue weighted by Crippen LogP contribution is 2.36. The Morgan fingerprint density at radius 2 is 2.14 bits per heavy atom. The van der Waals surface area contributed by atoms with Gasteiger partial charge in [0.15, 0.2) is 5.82 Å². The predicted molar refractivity (Wildman–Crippen MR) is 106 cm³/mol. The number of nitrogens with one attached hydrogen (secondary N) is 1. The summed E-state index contributed by atoms with van der Waals surface area (Å²) in [4.78, 5) is 17.1. The number of rotatable bonds is 5. The standard InChI is InChI=1S/C21H22ClFN4O/c1-2-27-19(25-21(26-27)14-7-9-16(22)17(23)11-14)12-20(28)24-18-10-8-13-5-3-4-6-15(13)18/h3-7,9,11,13,15,18H,2,8,10,12H2,1H3,(H,24,28)/t13?,15?,18-/m1/s1. The summed E-state index contributed by atoms with van der Waals surface area (Å²) in [7, 11) is 0. The van der Waals surface area contributed by atoms with Crippen molar-refractivity contribution in [3.05, 3.63) is 59.2 Å². The van der Waals surface area contributed by atoms with Crippen LogP contribution < -0.4 is 5.32 Å². The number of carbonyl (C=O) groups is 1. The van der Waals surface area contributed by atoms with E-state index in [9.17, 15) is 9.18 Å². The van der Waals surface area contributed by atoms with Crippen LogP contribution >= 0.6 is 11.6 Å². The maximum Gasteiger partial charge on any atom is 0.227 e. The van der Waals surface area contributed by atoms with E-state index in [0.29, 0.717) is 35.6 Å². The van der Waals surface area contributed by atoms with Gasteiger partial charge in [0.2, 0.25) is 5.91 Å². The number of fused-ring (bicyclic) bond motifs is 1. The quantitative estimate of drug-likeness (QED) is 0.827. The lowest BCUT2D eigenvalue weighted by atomic mass is 9.90. The first-order chi connectivity index (χ1) is 13.5. The molecule has 1 amide bonds. The van der Waals surface area contributed by atoms with Gasteiger partial charge in [0.05, 0.1) is 11.4 Å². The zero-order valence-corrected chi connectivity index (χ0v) is 16.4. The first-order valence-electron chi connectivity index (χ1n) is 9.58. The molecular weight excluding hydrogens is 379 g/mol. The first-order valence-corrected chi connectivity index (χ1v) is 9.96. The third-order valence-electron chi connectivity index (χ3n) is 5.46. The fourth-order valence-corrected chi connectivity index (χ4v) is 4.16. The molecule has 2 aliphatic rings. The monoisotopic (exact) mass is 400 g/mol. The number of hydrogen-bond acceptors (Lipinski definition) is 3. The third-order valence-corrected chi connectivity index (χ3v) is 5.77. The number of halogens is 2. The molecule has 0 radical (unpaired) electrons. The lowest BCUT2D eigenvalue weighted by Gasteiger charge is -2.22. The molecule has 0 spiro atoms. The summed E-state index contributed by atoms with van der Waals surface area (Å²) >= 11 is 5.75.